The molecule has 1 nitrogen and oxygen atoms in total. The molecule has 1 heteroatoms. The van der Waals surface area contributed by atoms with Crippen molar-refractivity contribution in [3.05, 3.63) is 36.5 Å². The molecule has 0 amide bonds. The Kier molecular flexibility index (Phi) is 9.96. The SMILES string of the molecule is CCC/C=C/C=C/CC/C=C/[C]=O. The average Bonchev–Trinajstić information content (AvgIpc) is 2.16. The number of carbonyl (C=O) groups excluding carboxylic acids is 1. The van der Waals surface area contributed by atoms with E-state index in [2.05, 4.69) is 25.2 Å². The largest absolute Gasteiger partial charge is 0.286 e. The van der Waals surface area contributed by atoms with Gasteiger partial charge in [-0.15, -0.1) is 0 Å². The molecule has 0 heterocycles. The van der Waals surface area contributed by atoms with Crippen molar-refractivity contribution < 1.29 is 4.79 Å². The first-order valence-electron chi connectivity index (χ1n) is 4.76. The fraction of sp³-hybridized carbons (Fsp3) is 0.417. The van der Waals surface area contributed by atoms with E-state index in [0.717, 1.165) is 19.3 Å². The molecular formula is C12H17O. The molecule has 0 fully saturated rings. The molecule has 0 aliphatic carbocycles. The lowest BCUT2D eigenvalue weighted by Gasteiger charge is -1.83. The number of hydrogen-bond donors (Lipinski definition) is 0. The highest BCUT2D eigenvalue weighted by atomic mass is 16.1. The van der Waals surface area contributed by atoms with Crippen LogP contribution in [0.15, 0.2) is 36.5 Å². The van der Waals surface area contributed by atoms with Gasteiger partial charge in [-0.1, -0.05) is 43.7 Å². The van der Waals surface area contributed by atoms with E-state index < -0.39 is 0 Å². The monoisotopic (exact) mass is 177 g/mol. The van der Waals surface area contributed by atoms with Crippen LogP contribution in [0.4, 0.5) is 0 Å². The lowest BCUT2D eigenvalue weighted by Crippen LogP contribution is -1.65. The normalized spacial score (nSPS) is 12.1. The molecule has 0 atom stereocenters. The molecule has 0 aromatic heterocycles. The minimum Gasteiger partial charge on any atom is -0.286 e. The third kappa shape index (κ3) is 10.9. The summed E-state index contributed by atoms with van der Waals surface area (Å²) in [5, 5.41) is 0. The van der Waals surface area contributed by atoms with Crippen molar-refractivity contribution >= 4 is 6.29 Å². The van der Waals surface area contributed by atoms with Gasteiger partial charge in [0.2, 0.25) is 6.29 Å². The molecule has 0 aliphatic heterocycles. The fourth-order valence-corrected chi connectivity index (χ4v) is 0.840. The lowest BCUT2D eigenvalue weighted by molar-refractivity contribution is 0.564. The Morgan fingerprint density at radius 1 is 1.00 bits per heavy atom. The summed E-state index contributed by atoms with van der Waals surface area (Å²) in [7, 11) is 0. The van der Waals surface area contributed by atoms with E-state index in [1.165, 1.54) is 12.5 Å². The summed E-state index contributed by atoms with van der Waals surface area (Å²) in [5.41, 5.74) is 0. The molecule has 0 aromatic carbocycles. The van der Waals surface area contributed by atoms with E-state index in [-0.39, 0.29) is 0 Å². The fourth-order valence-electron chi connectivity index (χ4n) is 0.840. The molecule has 1 radical (unpaired) electrons. The molecule has 71 valence electrons. The molecule has 0 aromatic rings. The van der Waals surface area contributed by atoms with Crippen molar-refractivity contribution in [1.29, 1.82) is 0 Å². The third-order valence-electron chi connectivity index (χ3n) is 1.52. The van der Waals surface area contributed by atoms with E-state index in [0.29, 0.717) is 0 Å². The average molecular weight is 177 g/mol. The zero-order chi connectivity index (χ0) is 9.78. The second-order valence-corrected chi connectivity index (χ2v) is 2.74. The zero-order valence-corrected chi connectivity index (χ0v) is 8.20. The van der Waals surface area contributed by atoms with Gasteiger partial charge in [-0.3, -0.25) is 4.79 Å². The van der Waals surface area contributed by atoms with Crippen LogP contribution in [0.5, 0.6) is 0 Å². The second kappa shape index (κ2) is 10.9. The quantitative estimate of drug-likeness (QED) is 0.331. The van der Waals surface area contributed by atoms with Crippen LogP contribution in [0, 0.1) is 0 Å². The Morgan fingerprint density at radius 3 is 2.23 bits per heavy atom. The summed E-state index contributed by atoms with van der Waals surface area (Å²) in [6, 6.07) is 0. The van der Waals surface area contributed by atoms with Gasteiger partial charge in [-0.05, 0) is 25.3 Å². The number of unbranched alkanes of at least 4 members (excludes halogenated alkanes) is 2. The van der Waals surface area contributed by atoms with Gasteiger partial charge in [0.1, 0.15) is 0 Å². The predicted octanol–water partition coefficient (Wildman–Crippen LogP) is 3.35. The molecular weight excluding hydrogens is 160 g/mol. The number of rotatable bonds is 7. The Balaban J connectivity index is 3.30. The van der Waals surface area contributed by atoms with Crippen LogP contribution in [0.2, 0.25) is 0 Å². The molecule has 0 saturated carbocycles. The van der Waals surface area contributed by atoms with Crippen LogP contribution in [-0.4, -0.2) is 6.29 Å². The highest BCUT2D eigenvalue weighted by Gasteiger charge is 1.75. The Bertz CT molecular complexity index is 187. The van der Waals surface area contributed by atoms with Gasteiger partial charge in [0.15, 0.2) is 0 Å². The van der Waals surface area contributed by atoms with Crippen molar-refractivity contribution in [3.63, 3.8) is 0 Å². The predicted molar refractivity (Wildman–Crippen MR) is 57.3 cm³/mol. The lowest BCUT2D eigenvalue weighted by atomic mass is 10.2. The molecule has 0 bridgehead atoms. The van der Waals surface area contributed by atoms with Gasteiger partial charge >= 0.3 is 0 Å². The van der Waals surface area contributed by atoms with Crippen LogP contribution >= 0.6 is 0 Å². The molecule has 0 aliphatic rings. The van der Waals surface area contributed by atoms with Crippen molar-refractivity contribution in [1.82, 2.24) is 0 Å². The smallest absolute Gasteiger partial charge is 0.225 e. The van der Waals surface area contributed by atoms with Gasteiger partial charge in [-0.2, -0.15) is 0 Å². The van der Waals surface area contributed by atoms with Crippen LogP contribution in [0.1, 0.15) is 32.6 Å². The molecule has 0 spiro atoms. The summed E-state index contributed by atoms with van der Waals surface area (Å²) in [6.07, 6.45) is 17.6. The molecule has 0 saturated heterocycles. The van der Waals surface area contributed by atoms with E-state index in [1.54, 1.807) is 6.29 Å². The zero-order valence-electron chi connectivity index (χ0n) is 8.20. The van der Waals surface area contributed by atoms with E-state index in [1.807, 2.05) is 12.2 Å². The van der Waals surface area contributed by atoms with Crippen LogP contribution in [0.3, 0.4) is 0 Å². The Labute approximate surface area is 80.8 Å². The highest BCUT2D eigenvalue weighted by molar-refractivity contribution is 5.65. The summed E-state index contributed by atoms with van der Waals surface area (Å²) in [6.45, 7) is 2.16. The highest BCUT2D eigenvalue weighted by Crippen LogP contribution is 1.94. The van der Waals surface area contributed by atoms with Gasteiger partial charge in [0, 0.05) is 0 Å². The maximum absolute atomic E-state index is 9.77. The Hall–Kier alpha value is -1.11. The van der Waals surface area contributed by atoms with Gasteiger partial charge in [-0.25, -0.2) is 0 Å². The van der Waals surface area contributed by atoms with Crippen LogP contribution in [0.25, 0.3) is 0 Å². The first-order valence-corrected chi connectivity index (χ1v) is 4.76. The number of allylic oxidation sites excluding steroid dienone is 6. The molecule has 0 unspecified atom stereocenters. The maximum atomic E-state index is 9.77. The first-order chi connectivity index (χ1) is 6.41. The van der Waals surface area contributed by atoms with Gasteiger partial charge in [0.05, 0.1) is 0 Å². The van der Waals surface area contributed by atoms with E-state index >= 15 is 0 Å². The molecule has 13 heavy (non-hydrogen) atoms. The van der Waals surface area contributed by atoms with Crippen molar-refractivity contribution in [2.75, 3.05) is 0 Å². The maximum Gasteiger partial charge on any atom is 0.225 e. The summed E-state index contributed by atoms with van der Waals surface area (Å²) in [4.78, 5) is 9.77. The summed E-state index contributed by atoms with van der Waals surface area (Å²) in [5.74, 6) is 0. The first kappa shape index (κ1) is 11.9. The Morgan fingerprint density at radius 2 is 1.62 bits per heavy atom. The standard InChI is InChI=1S/C12H17O/c1-2-3-4-5-6-7-8-9-10-11-12-13/h4-7,10-11H,2-3,8-9H2,1H3/b5-4+,7-6+,11-10+. The topological polar surface area (TPSA) is 17.1 Å². The van der Waals surface area contributed by atoms with Crippen molar-refractivity contribution in [3.8, 4) is 0 Å². The second-order valence-electron chi connectivity index (χ2n) is 2.74. The molecule has 0 N–H and O–H groups in total. The van der Waals surface area contributed by atoms with E-state index in [4.69, 9.17) is 0 Å². The van der Waals surface area contributed by atoms with Crippen molar-refractivity contribution in [2.24, 2.45) is 0 Å². The van der Waals surface area contributed by atoms with Crippen LogP contribution < -0.4 is 0 Å². The summed E-state index contributed by atoms with van der Waals surface area (Å²) < 4.78 is 0. The third-order valence-corrected chi connectivity index (χ3v) is 1.52. The van der Waals surface area contributed by atoms with Crippen molar-refractivity contribution in [2.45, 2.75) is 32.6 Å². The molecule has 0 rings (SSSR count). The minimum atomic E-state index is 0.910. The summed E-state index contributed by atoms with van der Waals surface area (Å²) >= 11 is 0. The van der Waals surface area contributed by atoms with Crippen LogP contribution in [-0.2, 0) is 4.79 Å². The van der Waals surface area contributed by atoms with E-state index in [9.17, 15) is 4.79 Å². The minimum absolute atomic E-state index is 0.910. The number of hydrogen-bond acceptors (Lipinski definition) is 1. The van der Waals surface area contributed by atoms with Gasteiger partial charge < -0.3 is 0 Å². The van der Waals surface area contributed by atoms with Gasteiger partial charge in [0.25, 0.3) is 0 Å².